The van der Waals surface area contributed by atoms with E-state index in [1.165, 1.54) is 11.3 Å². The van der Waals surface area contributed by atoms with Crippen molar-refractivity contribution in [2.45, 2.75) is 30.1 Å². The van der Waals surface area contributed by atoms with E-state index in [4.69, 9.17) is 0 Å². The quantitative estimate of drug-likeness (QED) is 0.798. The molecule has 1 saturated heterocycles. The van der Waals surface area contributed by atoms with Crippen molar-refractivity contribution in [1.82, 2.24) is 0 Å². The molecular weight excluding hydrogens is 316 g/mol. The van der Waals surface area contributed by atoms with Crippen molar-refractivity contribution in [3.05, 3.63) is 65.7 Å². The number of carbonyl (C=O) groups excluding carboxylic acids is 1. The third kappa shape index (κ3) is 1.92. The van der Waals surface area contributed by atoms with Gasteiger partial charge >= 0.3 is 0 Å². The number of aliphatic imine (C=N–C) groups is 1. The van der Waals surface area contributed by atoms with Crippen LogP contribution in [0.5, 0.6) is 0 Å². The number of fused-ring (bicyclic) bond motifs is 4. The second kappa shape index (κ2) is 5.21. The van der Waals surface area contributed by atoms with Gasteiger partial charge in [0.05, 0.1) is 6.04 Å². The third-order valence-electron chi connectivity index (χ3n) is 5.41. The summed E-state index contributed by atoms with van der Waals surface area (Å²) >= 11 is 1.69. The zero-order valence-electron chi connectivity index (χ0n) is 13.3. The van der Waals surface area contributed by atoms with Gasteiger partial charge in [-0.25, -0.2) is 4.99 Å². The third-order valence-corrected chi connectivity index (χ3v) is 6.89. The highest BCUT2D eigenvalue weighted by Crippen LogP contribution is 2.51. The van der Waals surface area contributed by atoms with Crippen molar-refractivity contribution in [1.29, 1.82) is 0 Å². The van der Waals surface area contributed by atoms with E-state index in [2.05, 4.69) is 34.2 Å². The summed E-state index contributed by atoms with van der Waals surface area (Å²) in [5.74, 6) is 0.0535. The molecule has 1 amide bonds. The lowest BCUT2D eigenvalue weighted by atomic mass is 9.84. The predicted molar refractivity (Wildman–Crippen MR) is 98.8 cm³/mol. The van der Waals surface area contributed by atoms with Gasteiger partial charge in [0.1, 0.15) is 9.79 Å². The maximum atomic E-state index is 13.1. The summed E-state index contributed by atoms with van der Waals surface area (Å²) in [4.78, 5) is 20.0. The Hall–Kier alpha value is -2.07. The first-order valence-electron chi connectivity index (χ1n) is 8.50. The van der Waals surface area contributed by atoms with E-state index < -0.39 is 4.75 Å². The maximum absolute atomic E-state index is 13.1. The molecule has 2 unspecified atom stereocenters. The van der Waals surface area contributed by atoms with E-state index in [-0.39, 0.29) is 11.9 Å². The molecule has 0 radical (unpaired) electrons. The molecule has 0 N–H and O–H groups in total. The van der Waals surface area contributed by atoms with E-state index in [1.807, 2.05) is 30.3 Å². The minimum atomic E-state index is -0.448. The molecule has 0 saturated carbocycles. The fourth-order valence-electron chi connectivity index (χ4n) is 4.33. The summed E-state index contributed by atoms with van der Waals surface area (Å²) < 4.78 is -0.448. The molecular formula is C20H18N2OS. The molecule has 3 nitrogen and oxygen atoms in total. The predicted octanol–water partition coefficient (Wildman–Crippen LogP) is 3.67. The van der Waals surface area contributed by atoms with Crippen molar-refractivity contribution in [3.63, 3.8) is 0 Å². The first kappa shape index (κ1) is 14.3. The van der Waals surface area contributed by atoms with Crippen molar-refractivity contribution in [2.75, 3.05) is 11.4 Å². The molecule has 2 atom stereocenters. The maximum Gasteiger partial charge on any atom is 0.265 e. The van der Waals surface area contributed by atoms with E-state index in [0.717, 1.165) is 36.4 Å². The van der Waals surface area contributed by atoms with Gasteiger partial charge in [0.2, 0.25) is 0 Å². The normalized spacial score (nSPS) is 28.0. The van der Waals surface area contributed by atoms with E-state index in [0.29, 0.717) is 0 Å². The Bertz CT molecular complexity index is 848. The minimum absolute atomic E-state index is 0.0535. The smallest absolute Gasteiger partial charge is 0.265 e. The Kier molecular flexibility index (Phi) is 3.10. The molecule has 3 aliphatic rings. The molecule has 3 aliphatic heterocycles. The number of carbonyl (C=O) groups is 1. The number of rotatable bonds is 1. The van der Waals surface area contributed by atoms with Gasteiger partial charge in [-0.05, 0) is 24.5 Å². The summed E-state index contributed by atoms with van der Waals surface area (Å²) in [6.45, 7) is 1.04. The Labute approximate surface area is 145 Å². The fraction of sp³-hybridized carbons (Fsp3) is 0.300. The molecule has 2 aromatic carbocycles. The second-order valence-electron chi connectivity index (χ2n) is 6.74. The van der Waals surface area contributed by atoms with E-state index >= 15 is 0 Å². The van der Waals surface area contributed by atoms with Crippen molar-refractivity contribution < 1.29 is 4.79 Å². The summed E-state index contributed by atoms with van der Waals surface area (Å²) in [5, 5.41) is 0.881. The van der Waals surface area contributed by atoms with Crippen LogP contribution in [0.1, 0.15) is 24.0 Å². The number of thioether (sulfide) groups is 1. The van der Waals surface area contributed by atoms with Crippen LogP contribution in [-0.4, -0.2) is 28.3 Å². The van der Waals surface area contributed by atoms with Crippen LogP contribution in [0.4, 0.5) is 5.69 Å². The first-order valence-corrected chi connectivity index (χ1v) is 9.32. The number of para-hydroxylation sites is 1. The zero-order chi connectivity index (χ0) is 16.1. The van der Waals surface area contributed by atoms with Crippen molar-refractivity contribution >= 4 is 28.4 Å². The molecule has 0 bridgehead atoms. The lowest BCUT2D eigenvalue weighted by Gasteiger charge is -2.44. The number of amides is 1. The van der Waals surface area contributed by atoms with Crippen LogP contribution in [0.15, 0.2) is 59.6 Å². The Morgan fingerprint density at radius 3 is 2.75 bits per heavy atom. The van der Waals surface area contributed by atoms with Gasteiger partial charge in [0.15, 0.2) is 0 Å². The number of hydrogen-bond donors (Lipinski definition) is 0. The largest absolute Gasteiger partial charge is 0.366 e. The van der Waals surface area contributed by atoms with Gasteiger partial charge in [0, 0.05) is 24.2 Å². The van der Waals surface area contributed by atoms with Crippen LogP contribution in [0.3, 0.4) is 0 Å². The Balaban J connectivity index is 1.58. The summed E-state index contributed by atoms with van der Waals surface area (Å²) in [7, 11) is 0. The zero-order valence-corrected chi connectivity index (χ0v) is 14.1. The van der Waals surface area contributed by atoms with Crippen LogP contribution < -0.4 is 4.90 Å². The van der Waals surface area contributed by atoms with Gasteiger partial charge in [-0.3, -0.25) is 4.79 Å². The number of hydrogen-bond acceptors (Lipinski definition) is 3. The van der Waals surface area contributed by atoms with E-state index in [9.17, 15) is 4.79 Å². The standard InChI is InChI=1S/C20H18N2OS/c23-19-20(24-18(21-19)14-7-2-1-3-8-14)13-15-9-4-5-10-16(15)22-12-6-11-17(20)22/h1-5,7-10,17H,6,11-13H2. The minimum Gasteiger partial charge on any atom is -0.366 e. The Morgan fingerprint density at radius 1 is 1.08 bits per heavy atom. The average Bonchev–Trinajstić information content (AvgIpc) is 3.23. The van der Waals surface area contributed by atoms with Crippen molar-refractivity contribution in [3.8, 4) is 0 Å². The monoisotopic (exact) mass is 334 g/mol. The summed E-state index contributed by atoms with van der Waals surface area (Å²) in [5.41, 5.74) is 3.64. The SMILES string of the molecule is O=C1N=C(c2ccccc2)SC12Cc1ccccc1N1CCCC12. The highest BCUT2D eigenvalue weighted by atomic mass is 32.2. The molecule has 4 heteroatoms. The van der Waals surface area contributed by atoms with Gasteiger partial charge in [-0.2, -0.15) is 0 Å². The highest BCUT2D eigenvalue weighted by Gasteiger charge is 2.57. The molecule has 2 aromatic rings. The Morgan fingerprint density at radius 2 is 1.88 bits per heavy atom. The lowest BCUT2D eigenvalue weighted by Crippen LogP contribution is -2.55. The second-order valence-corrected chi connectivity index (χ2v) is 8.06. The number of nitrogens with zero attached hydrogens (tertiary/aromatic N) is 2. The van der Waals surface area contributed by atoms with Crippen LogP contribution in [0, 0.1) is 0 Å². The first-order chi connectivity index (χ1) is 11.8. The molecule has 3 heterocycles. The van der Waals surface area contributed by atoms with Crippen molar-refractivity contribution in [2.24, 2.45) is 4.99 Å². The molecule has 0 aromatic heterocycles. The average molecular weight is 334 g/mol. The van der Waals surface area contributed by atoms with Gasteiger partial charge < -0.3 is 4.90 Å². The lowest BCUT2D eigenvalue weighted by molar-refractivity contribution is -0.120. The van der Waals surface area contributed by atoms with Gasteiger partial charge in [-0.1, -0.05) is 60.3 Å². The van der Waals surface area contributed by atoms with Crippen LogP contribution in [0.2, 0.25) is 0 Å². The molecule has 24 heavy (non-hydrogen) atoms. The topological polar surface area (TPSA) is 32.7 Å². The molecule has 120 valence electrons. The number of benzene rings is 2. The summed E-state index contributed by atoms with van der Waals surface area (Å²) in [6, 6.07) is 18.9. The van der Waals surface area contributed by atoms with Crippen LogP contribution in [-0.2, 0) is 11.2 Å². The molecule has 5 rings (SSSR count). The molecule has 0 aliphatic carbocycles. The van der Waals surface area contributed by atoms with Gasteiger partial charge in [0.25, 0.3) is 5.91 Å². The highest BCUT2D eigenvalue weighted by molar-refractivity contribution is 8.16. The van der Waals surface area contributed by atoms with E-state index in [1.54, 1.807) is 11.8 Å². The van der Waals surface area contributed by atoms with Crippen LogP contribution >= 0.6 is 11.8 Å². The fourth-order valence-corrected chi connectivity index (χ4v) is 5.80. The van der Waals surface area contributed by atoms with Crippen LogP contribution in [0.25, 0.3) is 0 Å². The van der Waals surface area contributed by atoms with Gasteiger partial charge in [-0.15, -0.1) is 0 Å². The molecule has 1 spiro atoms. The number of anilines is 1. The summed E-state index contributed by atoms with van der Waals surface area (Å²) in [6.07, 6.45) is 3.01. The molecule has 1 fully saturated rings.